The number of aromatic nitrogens is 3. The van der Waals surface area contributed by atoms with Gasteiger partial charge in [0.2, 0.25) is 0 Å². The van der Waals surface area contributed by atoms with E-state index in [1.165, 1.54) is 5.56 Å². The van der Waals surface area contributed by atoms with Crippen LogP contribution >= 0.6 is 0 Å². The number of anilines is 1. The Labute approximate surface area is 139 Å². The third kappa shape index (κ3) is 2.31. The zero-order valence-electron chi connectivity index (χ0n) is 13.4. The van der Waals surface area contributed by atoms with Crippen LogP contribution in [-0.4, -0.2) is 32.0 Å². The summed E-state index contributed by atoms with van der Waals surface area (Å²) in [5.41, 5.74) is 4.47. The van der Waals surface area contributed by atoms with Gasteiger partial charge in [-0.25, -0.2) is 9.78 Å². The predicted molar refractivity (Wildman–Crippen MR) is 90.5 cm³/mol. The maximum absolute atomic E-state index is 11.3. The van der Waals surface area contributed by atoms with Gasteiger partial charge in [0.25, 0.3) is 0 Å². The number of hydrogen-bond donors (Lipinski definition) is 1. The average Bonchev–Trinajstić information content (AvgIpc) is 3.16. The van der Waals surface area contributed by atoms with Crippen LogP contribution in [0.3, 0.4) is 0 Å². The van der Waals surface area contributed by atoms with Gasteiger partial charge in [0, 0.05) is 30.5 Å². The quantitative estimate of drug-likeness (QED) is 0.799. The number of aromatic carboxylic acids is 1. The van der Waals surface area contributed by atoms with Gasteiger partial charge in [-0.3, -0.25) is 9.38 Å². The largest absolute Gasteiger partial charge is 0.478 e. The molecule has 0 aliphatic carbocycles. The number of rotatable bonds is 4. The molecule has 6 heteroatoms. The fraction of sp³-hybridized carbons (Fsp3) is 0.278. The Kier molecular flexibility index (Phi) is 3.45. The molecule has 0 saturated heterocycles. The van der Waals surface area contributed by atoms with Crippen molar-refractivity contribution in [3.05, 3.63) is 59.8 Å². The van der Waals surface area contributed by atoms with Crippen LogP contribution in [0.25, 0.3) is 5.65 Å². The maximum atomic E-state index is 11.3. The fourth-order valence-electron chi connectivity index (χ4n) is 3.46. The minimum atomic E-state index is -0.890. The van der Waals surface area contributed by atoms with Crippen molar-refractivity contribution in [3.8, 4) is 0 Å². The highest BCUT2D eigenvalue weighted by atomic mass is 16.4. The van der Waals surface area contributed by atoms with Gasteiger partial charge < -0.3 is 10.0 Å². The number of nitrogens with zero attached hydrogens (tertiary/aromatic N) is 4. The molecule has 0 saturated carbocycles. The topological polar surface area (TPSA) is 70.7 Å². The number of carbonyl (C=O) groups is 1. The molecule has 3 heterocycles. The number of imidazole rings is 1. The number of fused-ring (bicyclic) bond motifs is 2. The molecule has 3 aromatic rings. The number of carboxylic acid groups (broad SMARTS) is 1. The average molecular weight is 322 g/mol. The summed E-state index contributed by atoms with van der Waals surface area (Å²) >= 11 is 0. The van der Waals surface area contributed by atoms with Crippen molar-refractivity contribution in [1.29, 1.82) is 0 Å². The van der Waals surface area contributed by atoms with E-state index >= 15 is 0 Å². The summed E-state index contributed by atoms with van der Waals surface area (Å²) in [4.78, 5) is 22.0. The van der Waals surface area contributed by atoms with Gasteiger partial charge in [-0.05, 0) is 24.1 Å². The van der Waals surface area contributed by atoms with E-state index in [1.54, 1.807) is 24.5 Å². The van der Waals surface area contributed by atoms with E-state index < -0.39 is 5.97 Å². The third-order valence-electron chi connectivity index (χ3n) is 4.74. The predicted octanol–water partition coefficient (Wildman–Crippen LogP) is 2.94. The second-order valence-corrected chi connectivity index (χ2v) is 6.12. The Balaban J connectivity index is 1.72. The summed E-state index contributed by atoms with van der Waals surface area (Å²) in [6.07, 6.45) is 8.27. The van der Waals surface area contributed by atoms with Crippen LogP contribution in [0.1, 0.15) is 40.9 Å². The third-order valence-corrected chi connectivity index (χ3v) is 4.74. The molecule has 0 radical (unpaired) electrons. The van der Waals surface area contributed by atoms with Crippen molar-refractivity contribution in [1.82, 2.24) is 14.4 Å². The lowest BCUT2D eigenvalue weighted by Gasteiger charge is -2.20. The monoisotopic (exact) mass is 322 g/mol. The smallest absolute Gasteiger partial charge is 0.335 e. The van der Waals surface area contributed by atoms with Gasteiger partial charge in [-0.1, -0.05) is 13.0 Å². The molecular weight excluding hydrogens is 304 g/mol. The number of carboxylic acids is 1. The van der Waals surface area contributed by atoms with Crippen LogP contribution in [0.15, 0.2) is 43.0 Å². The number of benzene rings is 1. The Morgan fingerprint density at radius 3 is 3.04 bits per heavy atom. The second kappa shape index (κ2) is 5.63. The van der Waals surface area contributed by atoms with E-state index in [1.807, 2.05) is 22.9 Å². The second-order valence-electron chi connectivity index (χ2n) is 6.12. The summed E-state index contributed by atoms with van der Waals surface area (Å²) in [7, 11) is 0. The first-order valence-corrected chi connectivity index (χ1v) is 8.05. The lowest BCUT2D eigenvalue weighted by Crippen LogP contribution is -2.22. The standard InChI is InChI=1S/C18H18N4O2/c1-2-12-10-21(16-7-13(18(23)24)3-4-15(12)16)11-14-8-20-17-9-19-5-6-22(14)17/h3-9,12H,2,10-11H2,1H3,(H,23,24). The van der Waals surface area contributed by atoms with Crippen LogP contribution in [-0.2, 0) is 6.54 Å². The molecule has 1 aliphatic rings. The molecule has 2 aromatic heterocycles. The van der Waals surface area contributed by atoms with Crippen LogP contribution in [0.5, 0.6) is 0 Å². The highest BCUT2D eigenvalue weighted by Crippen LogP contribution is 2.39. The van der Waals surface area contributed by atoms with Crippen molar-refractivity contribution < 1.29 is 9.90 Å². The molecule has 0 amide bonds. The first-order valence-electron chi connectivity index (χ1n) is 8.05. The normalized spacial score (nSPS) is 16.5. The molecule has 24 heavy (non-hydrogen) atoms. The fourth-order valence-corrected chi connectivity index (χ4v) is 3.46. The summed E-state index contributed by atoms with van der Waals surface area (Å²) in [6, 6.07) is 5.46. The molecule has 1 N–H and O–H groups in total. The lowest BCUT2D eigenvalue weighted by atomic mass is 9.98. The summed E-state index contributed by atoms with van der Waals surface area (Å²) in [5.74, 6) is -0.456. The van der Waals surface area contributed by atoms with Crippen LogP contribution < -0.4 is 4.90 Å². The molecule has 122 valence electrons. The summed E-state index contributed by atoms with van der Waals surface area (Å²) in [5, 5.41) is 9.28. The van der Waals surface area contributed by atoms with E-state index in [9.17, 15) is 9.90 Å². The van der Waals surface area contributed by atoms with Crippen molar-refractivity contribution in [3.63, 3.8) is 0 Å². The minimum Gasteiger partial charge on any atom is -0.478 e. The maximum Gasteiger partial charge on any atom is 0.335 e. The van der Waals surface area contributed by atoms with Crippen LogP contribution in [0.4, 0.5) is 5.69 Å². The number of hydrogen-bond acceptors (Lipinski definition) is 4. The van der Waals surface area contributed by atoms with Gasteiger partial charge >= 0.3 is 5.97 Å². The zero-order valence-corrected chi connectivity index (χ0v) is 13.4. The zero-order chi connectivity index (χ0) is 16.7. The van der Waals surface area contributed by atoms with Gasteiger partial charge in [0.1, 0.15) is 0 Å². The van der Waals surface area contributed by atoms with E-state index in [-0.39, 0.29) is 0 Å². The molecule has 1 atom stereocenters. The highest BCUT2D eigenvalue weighted by Gasteiger charge is 2.28. The highest BCUT2D eigenvalue weighted by molar-refractivity contribution is 5.89. The van der Waals surface area contributed by atoms with E-state index in [2.05, 4.69) is 21.8 Å². The molecule has 1 unspecified atom stereocenters. The minimum absolute atomic E-state index is 0.331. The molecule has 1 aromatic carbocycles. The van der Waals surface area contributed by atoms with Gasteiger partial charge in [0.15, 0.2) is 5.65 Å². The molecule has 4 rings (SSSR count). The Morgan fingerprint density at radius 2 is 2.25 bits per heavy atom. The molecule has 0 bridgehead atoms. The first kappa shape index (κ1) is 14.7. The summed E-state index contributed by atoms with van der Waals surface area (Å²) in [6.45, 7) is 3.76. The van der Waals surface area contributed by atoms with Crippen LogP contribution in [0.2, 0.25) is 0 Å². The van der Waals surface area contributed by atoms with Crippen LogP contribution in [0, 0.1) is 0 Å². The molecular formula is C18H18N4O2. The van der Waals surface area contributed by atoms with E-state index in [0.717, 1.165) is 30.0 Å². The van der Waals surface area contributed by atoms with Crippen molar-refractivity contribution in [2.45, 2.75) is 25.8 Å². The Morgan fingerprint density at radius 1 is 1.38 bits per heavy atom. The molecule has 6 nitrogen and oxygen atoms in total. The SMILES string of the molecule is CCC1CN(Cc2cnc3cnccn23)c2cc(C(=O)O)ccc21. The van der Waals surface area contributed by atoms with Crippen molar-refractivity contribution in [2.24, 2.45) is 0 Å². The Bertz CT molecular complexity index is 918. The van der Waals surface area contributed by atoms with Gasteiger partial charge in [0.05, 0.1) is 30.2 Å². The van der Waals surface area contributed by atoms with Crippen molar-refractivity contribution in [2.75, 3.05) is 11.4 Å². The van der Waals surface area contributed by atoms with E-state index in [0.29, 0.717) is 18.0 Å². The molecule has 1 aliphatic heterocycles. The van der Waals surface area contributed by atoms with E-state index in [4.69, 9.17) is 0 Å². The first-order chi connectivity index (χ1) is 11.7. The molecule has 0 fully saturated rings. The van der Waals surface area contributed by atoms with Gasteiger partial charge in [-0.2, -0.15) is 0 Å². The lowest BCUT2D eigenvalue weighted by molar-refractivity contribution is 0.0697. The Hall–Kier alpha value is -2.89. The molecule has 0 spiro atoms. The van der Waals surface area contributed by atoms with Crippen molar-refractivity contribution >= 4 is 17.3 Å². The van der Waals surface area contributed by atoms with Gasteiger partial charge in [-0.15, -0.1) is 0 Å². The summed E-state index contributed by atoms with van der Waals surface area (Å²) < 4.78 is 2.02.